The van der Waals surface area contributed by atoms with Crippen molar-refractivity contribution in [3.8, 4) is 0 Å². The van der Waals surface area contributed by atoms with Crippen molar-refractivity contribution in [1.82, 2.24) is 15.2 Å². The summed E-state index contributed by atoms with van der Waals surface area (Å²) in [5, 5.41) is 27.4. The Balaban J connectivity index is 0.00000272. The van der Waals surface area contributed by atoms with E-state index in [-0.39, 0.29) is 64.5 Å². The van der Waals surface area contributed by atoms with E-state index in [9.17, 15) is 19.9 Å². The molecule has 0 radical (unpaired) electrons. The average molecular weight is 494 g/mol. The number of fused-ring (bicyclic) bond motifs is 1. The van der Waals surface area contributed by atoms with E-state index in [1.807, 2.05) is 0 Å². The van der Waals surface area contributed by atoms with E-state index in [0.29, 0.717) is 24.5 Å². The molecule has 0 aromatic carbocycles. The molecule has 0 saturated carbocycles. The predicted molar refractivity (Wildman–Crippen MR) is 110 cm³/mol. The molecule has 4 heterocycles. The summed E-state index contributed by atoms with van der Waals surface area (Å²) in [7, 11) is 0. The summed E-state index contributed by atoms with van der Waals surface area (Å²) in [5.74, 6) is -0.978. The zero-order chi connectivity index (χ0) is 21.4. The van der Waals surface area contributed by atoms with Gasteiger partial charge in [0.2, 0.25) is 0 Å². The van der Waals surface area contributed by atoms with Crippen molar-refractivity contribution >= 4 is 63.0 Å². The van der Waals surface area contributed by atoms with Crippen LogP contribution in [0.2, 0.25) is 0 Å². The van der Waals surface area contributed by atoms with E-state index in [4.69, 9.17) is 27.4 Å². The molecule has 15 heteroatoms. The molecule has 0 aliphatic carbocycles. The van der Waals surface area contributed by atoms with Crippen LogP contribution in [0.25, 0.3) is 0 Å². The van der Waals surface area contributed by atoms with Gasteiger partial charge in [0.1, 0.15) is 23.9 Å². The zero-order valence-electron chi connectivity index (χ0n) is 16.3. The van der Waals surface area contributed by atoms with Gasteiger partial charge in [-0.15, -0.1) is 23.1 Å². The summed E-state index contributed by atoms with van der Waals surface area (Å²) in [6.45, 7) is 0.941. The van der Waals surface area contributed by atoms with Crippen LogP contribution in [0.15, 0.2) is 21.8 Å². The van der Waals surface area contributed by atoms with Crippen molar-refractivity contribution in [3.05, 3.63) is 22.3 Å². The minimum Gasteiger partial charge on any atom is -0.863 e. The van der Waals surface area contributed by atoms with Gasteiger partial charge in [-0.25, -0.2) is 4.98 Å². The standard InChI is InChI=1S/C16H17N5O6S3.Na/c17-16-18-8(4-30-16)9(20-25)12(22)19-10-13(23)21-11(15(24)28)7(3-29-14(10)21)6-1-26-5-27-2-6;/h4,6,10,14,25H,1-3,5H2,(H2,17,18)(H,19,22)(H,24,28);/q;+1/p-1/b20-9-;/t10?,14-;/m1./s1. The quantitative estimate of drug-likeness (QED) is 0.0917. The maximum Gasteiger partial charge on any atom is 1.00 e. The number of thiazole rings is 1. The number of hydrogen-bond donors (Lipinski definition) is 3. The number of amides is 2. The summed E-state index contributed by atoms with van der Waals surface area (Å²) in [4.78, 5) is 30.6. The summed E-state index contributed by atoms with van der Waals surface area (Å²) in [6.07, 6.45) is 0. The van der Waals surface area contributed by atoms with E-state index >= 15 is 0 Å². The maximum atomic E-state index is 12.8. The molecular weight excluding hydrogens is 477 g/mol. The number of oxime groups is 1. The number of carbonyl (C=O) groups is 2. The molecule has 2 saturated heterocycles. The second-order valence-electron chi connectivity index (χ2n) is 6.60. The van der Waals surface area contributed by atoms with Gasteiger partial charge < -0.3 is 30.8 Å². The number of nitrogens with one attached hydrogen (secondary N) is 1. The molecule has 3 aliphatic rings. The van der Waals surface area contributed by atoms with Gasteiger partial charge in [0.05, 0.1) is 13.2 Å². The first kappa shape index (κ1) is 24.4. The molecule has 0 bridgehead atoms. The van der Waals surface area contributed by atoms with Crippen LogP contribution in [0.4, 0.5) is 5.13 Å². The fraction of sp³-hybridized carbons (Fsp3) is 0.438. The van der Waals surface area contributed by atoms with Gasteiger partial charge in [-0.3, -0.25) is 14.5 Å². The van der Waals surface area contributed by atoms with Crippen LogP contribution >= 0.6 is 35.3 Å². The molecule has 11 nitrogen and oxygen atoms in total. The smallest absolute Gasteiger partial charge is 0.863 e. The van der Waals surface area contributed by atoms with E-state index < -0.39 is 28.3 Å². The molecule has 31 heavy (non-hydrogen) atoms. The Morgan fingerprint density at radius 1 is 1.45 bits per heavy atom. The maximum absolute atomic E-state index is 12.8. The molecule has 1 aromatic rings. The minimum atomic E-state index is -0.903. The molecule has 1 unspecified atom stereocenters. The van der Waals surface area contributed by atoms with Crippen LogP contribution in [-0.2, 0) is 19.1 Å². The first-order valence-electron chi connectivity index (χ1n) is 8.71. The molecule has 1 aromatic heterocycles. The van der Waals surface area contributed by atoms with Gasteiger partial charge in [0.25, 0.3) is 11.8 Å². The summed E-state index contributed by atoms with van der Waals surface area (Å²) in [5.41, 5.74) is 6.16. The molecule has 2 atom stereocenters. The van der Waals surface area contributed by atoms with Gasteiger partial charge in [-0.2, -0.15) is 0 Å². The van der Waals surface area contributed by atoms with Crippen LogP contribution in [0.3, 0.4) is 0 Å². The molecule has 0 spiro atoms. The van der Waals surface area contributed by atoms with Crippen LogP contribution in [0.5, 0.6) is 0 Å². The fourth-order valence-electron chi connectivity index (χ4n) is 3.45. The summed E-state index contributed by atoms with van der Waals surface area (Å²) < 4.78 is 10.6. The molecule has 2 fully saturated rings. The van der Waals surface area contributed by atoms with Crippen molar-refractivity contribution in [2.75, 3.05) is 31.5 Å². The zero-order valence-corrected chi connectivity index (χ0v) is 20.7. The Labute approximate surface area is 212 Å². The Kier molecular flexibility index (Phi) is 7.96. The van der Waals surface area contributed by atoms with Crippen LogP contribution < -0.4 is 45.7 Å². The monoisotopic (exact) mass is 493 g/mol. The number of β-lactam (4-membered cyclic amide) rings is 1. The van der Waals surface area contributed by atoms with E-state index in [2.05, 4.69) is 15.5 Å². The van der Waals surface area contributed by atoms with Gasteiger partial charge in [0, 0.05) is 22.7 Å². The second-order valence-corrected chi connectivity index (χ2v) is 8.96. The topological polar surface area (TPSA) is 162 Å². The fourth-order valence-corrected chi connectivity index (χ4v) is 5.69. The number of ether oxygens (including phenoxy) is 2. The average Bonchev–Trinajstić information content (AvgIpc) is 3.17. The predicted octanol–water partition coefficient (Wildman–Crippen LogP) is -4.13. The normalized spacial score (nSPS) is 24.2. The number of nitrogens with zero attached hydrogens (tertiary/aromatic N) is 3. The Morgan fingerprint density at radius 2 is 2.16 bits per heavy atom. The van der Waals surface area contributed by atoms with Gasteiger partial charge in [0.15, 0.2) is 10.8 Å². The van der Waals surface area contributed by atoms with Crippen LogP contribution in [-0.4, -0.2) is 74.8 Å². The Morgan fingerprint density at radius 3 is 2.74 bits per heavy atom. The Bertz CT molecular complexity index is 963. The van der Waals surface area contributed by atoms with E-state index in [1.165, 1.54) is 22.0 Å². The molecule has 3 aliphatic heterocycles. The number of rotatable bonds is 5. The molecule has 4 rings (SSSR count). The van der Waals surface area contributed by atoms with E-state index in [1.54, 1.807) is 0 Å². The van der Waals surface area contributed by atoms with Crippen molar-refractivity contribution in [1.29, 1.82) is 0 Å². The third-order valence-electron chi connectivity index (χ3n) is 4.85. The van der Waals surface area contributed by atoms with Crippen LogP contribution in [0.1, 0.15) is 5.69 Å². The number of hydrogen-bond acceptors (Lipinski definition) is 12. The number of thiocarbonyl (C=S) groups is 1. The molecule has 4 N–H and O–H groups in total. The number of thioether (sulfide) groups is 1. The summed E-state index contributed by atoms with van der Waals surface area (Å²) in [6, 6.07) is -0.903. The first-order valence-corrected chi connectivity index (χ1v) is 11.0. The molecular formula is C16H16N5NaO6S3. The van der Waals surface area contributed by atoms with Crippen molar-refractivity contribution in [3.63, 3.8) is 0 Å². The molecule has 2 amide bonds. The van der Waals surface area contributed by atoms with Crippen molar-refractivity contribution < 1.29 is 58.9 Å². The van der Waals surface area contributed by atoms with Gasteiger partial charge >= 0.3 is 29.6 Å². The van der Waals surface area contributed by atoms with Crippen molar-refractivity contribution in [2.45, 2.75) is 11.4 Å². The summed E-state index contributed by atoms with van der Waals surface area (Å²) >= 11 is 7.35. The van der Waals surface area contributed by atoms with E-state index in [0.717, 1.165) is 11.3 Å². The third kappa shape index (κ3) is 4.61. The first-order chi connectivity index (χ1) is 14.4. The third-order valence-corrected chi connectivity index (χ3v) is 7.02. The number of nitrogen functional groups attached to an aromatic ring is 1. The van der Waals surface area contributed by atoms with Crippen LogP contribution in [0, 0.1) is 5.92 Å². The van der Waals surface area contributed by atoms with Crippen molar-refractivity contribution in [2.24, 2.45) is 11.1 Å². The number of aromatic nitrogens is 1. The largest absolute Gasteiger partial charge is 1.00 e. The number of carbonyl (C=O) groups excluding carboxylic acids is 2. The number of nitrogens with two attached hydrogens (primary N) is 1. The molecule has 160 valence electrons. The van der Waals surface area contributed by atoms with Gasteiger partial charge in [-0.05, 0) is 10.6 Å². The minimum absolute atomic E-state index is 0. The second kappa shape index (κ2) is 10.1. The SMILES string of the molecule is Nc1nc(/C(=N/O)C(=O)NC2C(=O)N3C(C([O-])=S)=C(C4COCOC4)CS[C@H]23)cs1.[Na+]. The van der Waals surface area contributed by atoms with Gasteiger partial charge in [-0.1, -0.05) is 17.4 Å². The number of anilines is 1. The Hall–Kier alpha value is -1.26.